The molecule has 0 nitrogen and oxygen atoms in total. The summed E-state index contributed by atoms with van der Waals surface area (Å²) < 4.78 is 0. The maximum Gasteiger partial charge on any atom is 4.00 e. The molecule has 4 saturated carbocycles. The van der Waals surface area contributed by atoms with Gasteiger partial charge in [0.05, 0.1) is 0 Å². The first kappa shape index (κ1) is 80.2. The first-order valence-electron chi connectivity index (χ1n) is 21.7. The summed E-state index contributed by atoms with van der Waals surface area (Å²) in [4.78, 5) is 0. The van der Waals surface area contributed by atoms with E-state index in [1.807, 2.05) is 85.0 Å². The second-order valence-corrected chi connectivity index (χ2v) is 15.7. The minimum atomic E-state index is 0. The Bertz CT molecular complexity index is 965. The van der Waals surface area contributed by atoms with Gasteiger partial charge in [0.25, 0.3) is 0 Å². The maximum absolute atomic E-state index is 3.72. The Balaban J connectivity index is -0.0000000741. The van der Waals surface area contributed by atoms with E-state index in [9.17, 15) is 0 Å². The van der Waals surface area contributed by atoms with E-state index in [2.05, 4.69) is 40.2 Å². The first-order valence-corrected chi connectivity index (χ1v) is 21.7. The Morgan fingerprint density at radius 3 is 0.770 bits per heavy atom. The van der Waals surface area contributed by atoms with Gasteiger partial charge in [0, 0.05) is 0 Å². The molecule has 0 bridgehead atoms. The van der Waals surface area contributed by atoms with Crippen molar-refractivity contribution in [1.82, 2.24) is 0 Å². The Morgan fingerprint density at radius 1 is 0.377 bits per heavy atom. The van der Waals surface area contributed by atoms with Crippen LogP contribution in [0, 0.1) is 82.1 Å². The normalized spacial score (nSPS) is 14.4. The van der Waals surface area contributed by atoms with E-state index in [0.717, 1.165) is 34.8 Å². The Morgan fingerprint density at radius 2 is 0.590 bits per heavy atom. The molecule has 0 aromatic heterocycles. The molecule has 2 aromatic rings. The molecule has 0 heterocycles. The van der Waals surface area contributed by atoms with E-state index in [-0.39, 0.29) is 104 Å². The van der Waals surface area contributed by atoms with Crippen LogP contribution in [0.1, 0.15) is 185 Å². The second-order valence-electron chi connectivity index (χ2n) is 15.7. The van der Waals surface area contributed by atoms with Gasteiger partial charge in [-0.3, -0.25) is 0 Å². The number of hydrogen-bond acceptors (Lipinski definition) is 0. The largest absolute Gasteiger partial charge is 4.00 e. The monoisotopic (exact) mass is 993 g/mol. The van der Waals surface area contributed by atoms with Crippen molar-refractivity contribution >= 4 is 0 Å². The SMILES string of the molecule is C.C=CCCC1CCCC1.C=CCCC1CCCC1.C=CCCCC1CCCC1.C=CCCCC1CCCC1.[CH2-]c1ccccc1.[CH2-]c1ccccc1.[CH3-].[CH3-].[CH3-].[CH3-].[CH3-].[CH3-].[Zr+4].[Zr+4]. The van der Waals surface area contributed by atoms with Crippen molar-refractivity contribution in [1.29, 1.82) is 0 Å². The molecule has 6 rings (SSSR count). The van der Waals surface area contributed by atoms with Crippen LogP contribution in [-0.2, 0) is 52.4 Å². The van der Waals surface area contributed by atoms with E-state index < -0.39 is 0 Å². The van der Waals surface area contributed by atoms with Crippen LogP contribution >= 0.6 is 0 Å². The van der Waals surface area contributed by atoms with Crippen molar-refractivity contribution < 1.29 is 52.4 Å². The second kappa shape index (κ2) is 61.0. The molecule has 4 aliphatic rings. The van der Waals surface area contributed by atoms with Gasteiger partial charge in [-0.1, -0.05) is 159 Å². The molecule has 4 fully saturated rings. The fourth-order valence-electron chi connectivity index (χ4n) is 7.96. The van der Waals surface area contributed by atoms with Gasteiger partial charge >= 0.3 is 52.4 Å². The summed E-state index contributed by atoms with van der Waals surface area (Å²) in [6.45, 7) is 22.3. The smallest absolute Gasteiger partial charge is 0.358 e. The van der Waals surface area contributed by atoms with Crippen LogP contribution in [0.5, 0.6) is 0 Å². The van der Waals surface area contributed by atoms with E-state index in [1.54, 1.807) is 0 Å². The van der Waals surface area contributed by atoms with Crippen molar-refractivity contribution in [3.63, 3.8) is 0 Å². The molecule has 0 saturated heterocycles. The average Bonchev–Trinajstić information content (AvgIpc) is 4.03. The molecule has 0 unspecified atom stereocenters. The van der Waals surface area contributed by atoms with Crippen molar-refractivity contribution in [3.05, 3.63) is 181 Å². The van der Waals surface area contributed by atoms with Gasteiger partial charge in [-0.2, -0.15) is 49.2 Å². The molecule has 4 aliphatic carbocycles. The molecule has 348 valence electrons. The van der Waals surface area contributed by atoms with Gasteiger partial charge in [0.2, 0.25) is 0 Å². The zero-order chi connectivity index (χ0) is 37.7. The van der Waals surface area contributed by atoms with E-state index in [4.69, 9.17) is 0 Å². The molecule has 2 aromatic carbocycles. The minimum absolute atomic E-state index is 0. The molecular weight excluding hydrogens is 891 g/mol. The maximum atomic E-state index is 3.72. The molecular formula is C59H104Zr2. The van der Waals surface area contributed by atoms with Crippen LogP contribution in [0.15, 0.2) is 111 Å². The minimum Gasteiger partial charge on any atom is -0.358 e. The zero-order valence-corrected chi connectivity index (χ0v) is 45.9. The number of benzene rings is 2. The predicted octanol–water partition coefficient (Wildman–Crippen LogP) is 20.4. The van der Waals surface area contributed by atoms with Crippen LogP contribution < -0.4 is 0 Å². The third kappa shape index (κ3) is 51.4. The van der Waals surface area contributed by atoms with E-state index in [0.29, 0.717) is 0 Å². The Hall–Kier alpha value is -1.09. The van der Waals surface area contributed by atoms with Crippen LogP contribution in [0.2, 0.25) is 0 Å². The summed E-state index contributed by atoms with van der Waals surface area (Å²) in [7, 11) is 0. The summed E-state index contributed by atoms with van der Waals surface area (Å²) in [6.07, 6.45) is 45.2. The summed E-state index contributed by atoms with van der Waals surface area (Å²) in [5, 5.41) is 0. The van der Waals surface area contributed by atoms with Gasteiger partial charge in [-0.25, -0.2) is 0 Å². The molecule has 0 spiro atoms. The van der Waals surface area contributed by atoms with Gasteiger partial charge in [0.1, 0.15) is 0 Å². The third-order valence-corrected chi connectivity index (χ3v) is 11.2. The van der Waals surface area contributed by atoms with Crippen LogP contribution in [0.3, 0.4) is 0 Å². The molecule has 61 heavy (non-hydrogen) atoms. The first-order chi connectivity index (χ1) is 25.5. The van der Waals surface area contributed by atoms with Crippen molar-refractivity contribution in [2.75, 3.05) is 0 Å². The molecule has 0 aliphatic heterocycles. The number of hydrogen-bond donors (Lipinski definition) is 0. The topological polar surface area (TPSA) is 0 Å². The fourth-order valence-corrected chi connectivity index (χ4v) is 7.96. The molecule has 0 N–H and O–H groups in total. The van der Waals surface area contributed by atoms with Gasteiger partial charge < -0.3 is 44.6 Å². The van der Waals surface area contributed by atoms with Crippen LogP contribution in [-0.4, -0.2) is 0 Å². The summed E-state index contributed by atoms with van der Waals surface area (Å²) >= 11 is 0. The number of rotatable bonds is 14. The zero-order valence-electron chi connectivity index (χ0n) is 41.0. The van der Waals surface area contributed by atoms with Gasteiger partial charge in [-0.15, -0.1) is 50.6 Å². The third-order valence-electron chi connectivity index (χ3n) is 11.2. The van der Waals surface area contributed by atoms with Crippen molar-refractivity contribution in [2.45, 2.75) is 174 Å². The van der Waals surface area contributed by atoms with Gasteiger partial charge in [0.15, 0.2) is 0 Å². The fraction of sp³-hybridized carbons (Fsp3) is 0.525. The molecule has 0 radical (unpaired) electrons. The number of unbranched alkanes of at least 4 members (excludes halogenated alkanes) is 2. The molecule has 0 atom stereocenters. The summed E-state index contributed by atoms with van der Waals surface area (Å²) in [6, 6.07) is 19.7. The standard InChI is InChI=1S/2C10H18.2C9H16.2C7H7.CH4.6CH3.2Zr/c2*1-2-3-4-7-10-8-5-6-9-10;2*1-2-3-6-9-7-4-5-8-9;2*1-7-5-3-2-4-6-7;;;;;;;;;/h2*2,10H,1,3-9H2;2*2,9H,1,3-8H2;2*2-6H,1H2;1H4;6*1H3;;/q;;;;2*-1;;6*-1;2*+4. The molecule has 0 amide bonds. The van der Waals surface area contributed by atoms with Crippen LogP contribution in [0.25, 0.3) is 0 Å². The Labute approximate surface area is 427 Å². The Kier molecular flexibility index (Phi) is 80.2. The van der Waals surface area contributed by atoms with E-state index >= 15 is 0 Å². The van der Waals surface area contributed by atoms with Crippen molar-refractivity contribution in [2.24, 2.45) is 23.7 Å². The van der Waals surface area contributed by atoms with E-state index in [1.165, 1.54) is 167 Å². The van der Waals surface area contributed by atoms with Gasteiger partial charge in [-0.05, 0) is 75.0 Å². The summed E-state index contributed by atoms with van der Waals surface area (Å²) in [5.74, 6) is 4.23. The quantitative estimate of drug-likeness (QED) is 0.101. The summed E-state index contributed by atoms with van der Waals surface area (Å²) in [5.41, 5.74) is 2.14. The number of allylic oxidation sites excluding steroid dienone is 4. The van der Waals surface area contributed by atoms with Crippen molar-refractivity contribution in [3.8, 4) is 0 Å². The average molecular weight is 996 g/mol. The van der Waals surface area contributed by atoms with Crippen LogP contribution in [0.4, 0.5) is 0 Å². The predicted molar refractivity (Wildman–Crippen MR) is 282 cm³/mol. The molecule has 2 heteroatoms.